The third-order valence-corrected chi connectivity index (χ3v) is 3.62. The Morgan fingerprint density at radius 2 is 2.25 bits per heavy atom. The van der Waals surface area contributed by atoms with E-state index in [2.05, 4.69) is 13.8 Å². The van der Waals surface area contributed by atoms with Crippen LogP contribution >= 0.6 is 0 Å². The van der Waals surface area contributed by atoms with Crippen molar-refractivity contribution < 1.29 is 0 Å². The van der Waals surface area contributed by atoms with Gasteiger partial charge in [0.2, 0.25) is 0 Å². The average Bonchev–Trinajstić information content (AvgIpc) is 2.21. The molecular weight excluding hydrogens is 96.1 g/mol. The summed E-state index contributed by atoms with van der Waals surface area (Å²) in [5.41, 5.74) is 0.796. The summed E-state index contributed by atoms with van der Waals surface area (Å²) in [4.78, 5) is 0. The maximum atomic E-state index is 2.45. The van der Waals surface area contributed by atoms with Gasteiger partial charge >= 0.3 is 0 Å². The van der Waals surface area contributed by atoms with Crippen molar-refractivity contribution in [3.8, 4) is 0 Å². The quantitative estimate of drug-likeness (QED) is 0.449. The lowest BCUT2D eigenvalue weighted by atomic mass is 9.62. The lowest BCUT2D eigenvalue weighted by Gasteiger charge is -2.42. The predicted molar refractivity (Wildman–Crippen MR) is 34.6 cm³/mol. The molecule has 3 atom stereocenters. The summed E-state index contributed by atoms with van der Waals surface area (Å²) in [5, 5.41) is 0. The fourth-order valence-corrected chi connectivity index (χ4v) is 2.57. The number of fused-ring (bicyclic) bond motifs is 1. The van der Waals surface area contributed by atoms with Crippen LogP contribution in [0.5, 0.6) is 0 Å². The van der Waals surface area contributed by atoms with Gasteiger partial charge in [-0.25, -0.2) is 0 Å². The Labute approximate surface area is 51.3 Å². The van der Waals surface area contributed by atoms with Gasteiger partial charge in [0.25, 0.3) is 0 Å². The topological polar surface area (TPSA) is 0 Å². The Hall–Kier alpha value is 0. The van der Waals surface area contributed by atoms with Gasteiger partial charge in [0, 0.05) is 0 Å². The van der Waals surface area contributed by atoms with E-state index in [-0.39, 0.29) is 0 Å². The summed E-state index contributed by atoms with van der Waals surface area (Å²) in [6.07, 6.45) is 4.57. The standard InChI is InChI=1S/C8H14/c1-6-7-3-4-8(6,2)5-7/h6-7H,3-5H2,1-2H3/t6-,7?,8?/m0/s1. The fourth-order valence-electron chi connectivity index (χ4n) is 2.57. The summed E-state index contributed by atoms with van der Waals surface area (Å²) < 4.78 is 0. The first-order valence-corrected chi connectivity index (χ1v) is 3.72. The first kappa shape index (κ1) is 4.84. The third kappa shape index (κ3) is 0.340. The summed E-state index contributed by atoms with van der Waals surface area (Å²) >= 11 is 0. The average molecular weight is 110 g/mol. The van der Waals surface area contributed by atoms with E-state index in [1.807, 2.05) is 0 Å². The van der Waals surface area contributed by atoms with Crippen molar-refractivity contribution in [3.05, 3.63) is 0 Å². The fraction of sp³-hybridized carbons (Fsp3) is 1.00. The summed E-state index contributed by atoms with van der Waals surface area (Å²) in [5.74, 6) is 2.18. The van der Waals surface area contributed by atoms with E-state index in [1.54, 1.807) is 0 Å². The van der Waals surface area contributed by atoms with E-state index in [0.29, 0.717) is 0 Å². The Bertz CT molecular complexity index is 113. The number of hydrogen-bond acceptors (Lipinski definition) is 0. The molecule has 3 aliphatic rings. The third-order valence-electron chi connectivity index (χ3n) is 3.62. The molecule has 0 nitrogen and oxygen atoms in total. The minimum absolute atomic E-state index is 0.796. The SMILES string of the molecule is C[C@H]1C2CCC1(C)C2. The normalized spacial score (nSPS) is 60.8. The Balaban J connectivity index is 2.22. The maximum absolute atomic E-state index is 2.45. The van der Waals surface area contributed by atoms with E-state index >= 15 is 0 Å². The molecule has 3 aliphatic carbocycles. The Morgan fingerprint density at radius 1 is 1.50 bits per heavy atom. The van der Waals surface area contributed by atoms with Crippen LogP contribution in [0.2, 0.25) is 0 Å². The van der Waals surface area contributed by atoms with E-state index in [4.69, 9.17) is 0 Å². The highest BCUT2D eigenvalue weighted by atomic mass is 14.6. The molecule has 2 unspecified atom stereocenters. The Morgan fingerprint density at radius 3 is 2.38 bits per heavy atom. The smallest absolute Gasteiger partial charge is 0.0295 e. The second-order valence-corrected chi connectivity index (χ2v) is 3.95. The van der Waals surface area contributed by atoms with Gasteiger partial charge in [-0.2, -0.15) is 0 Å². The second-order valence-electron chi connectivity index (χ2n) is 3.95. The molecular formula is C8H14. The molecule has 3 saturated carbocycles. The van der Waals surface area contributed by atoms with Gasteiger partial charge in [-0.15, -0.1) is 0 Å². The van der Waals surface area contributed by atoms with Crippen molar-refractivity contribution >= 4 is 0 Å². The number of rotatable bonds is 0. The summed E-state index contributed by atoms with van der Waals surface area (Å²) in [7, 11) is 0. The summed E-state index contributed by atoms with van der Waals surface area (Å²) in [6.45, 7) is 4.86. The van der Waals surface area contributed by atoms with Gasteiger partial charge < -0.3 is 0 Å². The molecule has 0 radical (unpaired) electrons. The molecule has 0 saturated heterocycles. The molecule has 0 heterocycles. The molecule has 0 aromatic carbocycles. The largest absolute Gasteiger partial charge is 0.0617 e. The highest BCUT2D eigenvalue weighted by Gasteiger charge is 2.52. The van der Waals surface area contributed by atoms with E-state index in [0.717, 1.165) is 17.3 Å². The predicted octanol–water partition coefficient (Wildman–Crippen LogP) is 2.44. The van der Waals surface area contributed by atoms with Crippen LogP contribution in [-0.2, 0) is 0 Å². The minimum atomic E-state index is 0.796. The molecule has 3 rings (SSSR count). The Kier molecular flexibility index (Phi) is 0.678. The summed E-state index contributed by atoms with van der Waals surface area (Å²) in [6, 6.07) is 0. The number of hydrogen-bond donors (Lipinski definition) is 0. The molecule has 3 fully saturated rings. The molecule has 0 aromatic rings. The molecule has 2 bridgehead atoms. The van der Waals surface area contributed by atoms with Crippen LogP contribution in [-0.4, -0.2) is 0 Å². The van der Waals surface area contributed by atoms with Crippen LogP contribution in [0.25, 0.3) is 0 Å². The van der Waals surface area contributed by atoms with Crippen LogP contribution in [0.3, 0.4) is 0 Å². The molecule has 46 valence electrons. The van der Waals surface area contributed by atoms with Crippen LogP contribution in [0.4, 0.5) is 0 Å². The van der Waals surface area contributed by atoms with Crippen molar-refractivity contribution in [1.29, 1.82) is 0 Å². The molecule has 0 aliphatic heterocycles. The van der Waals surface area contributed by atoms with Gasteiger partial charge in [-0.05, 0) is 36.5 Å². The molecule has 0 amide bonds. The van der Waals surface area contributed by atoms with Gasteiger partial charge in [-0.1, -0.05) is 13.8 Å². The molecule has 8 heavy (non-hydrogen) atoms. The zero-order chi connectivity index (χ0) is 5.78. The van der Waals surface area contributed by atoms with Crippen LogP contribution in [0, 0.1) is 17.3 Å². The van der Waals surface area contributed by atoms with Crippen LogP contribution < -0.4 is 0 Å². The molecule has 0 N–H and O–H groups in total. The maximum Gasteiger partial charge on any atom is -0.0295 e. The van der Waals surface area contributed by atoms with Crippen molar-refractivity contribution in [2.45, 2.75) is 33.1 Å². The zero-order valence-electron chi connectivity index (χ0n) is 5.78. The first-order valence-electron chi connectivity index (χ1n) is 3.72. The zero-order valence-corrected chi connectivity index (χ0v) is 5.78. The second kappa shape index (κ2) is 1.12. The van der Waals surface area contributed by atoms with Gasteiger partial charge in [0.1, 0.15) is 0 Å². The van der Waals surface area contributed by atoms with E-state index in [9.17, 15) is 0 Å². The molecule has 0 heteroatoms. The molecule has 0 spiro atoms. The van der Waals surface area contributed by atoms with Crippen molar-refractivity contribution in [3.63, 3.8) is 0 Å². The lowest BCUT2D eigenvalue weighted by Crippen LogP contribution is -2.34. The lowest BCUT2D eigenvalue weighted by molar-refractivity contribution is 0.0671. The molecule has 0 aromatic heterocycles. The van der Waals surface area contributed by atoms with Crippen LogP contribution in [0.1, 0.15) is 33.1 Å². The van der Waals surface area contributed by atoms with Gasteiger partial charge in [-0.3, -0.25) is 0 Å². The van der Waals surface area contributed by atoms with Crippen molar-refractivity contribution in [1.82, 2.24) is 0 Å². The first-order chi connectivity index (χ1) is 3.72. The van der Waals surface area contributed by atoms with Crippen LogP contribution in [0.15, 0.2) is 0 Å². The highest BCUT2D eigenvalue weighted by Crippen LogP contribution is 2.62. The minimum Gasteiger partial charge on any atom is -0.0617 e. The van der Waals surface area contributed by atoms with E-state index in [1.165, 1.54) is 19.3 Å². The van der Waals surface area contributed by atoms with Crippen molar-refractivity contribution in [2.75, 3.05) is 0 Å². The van der Waals surface area contributed by atoms with Gasteiger partial charge in [0.15, 0.2) is 0 Å². The van der Waals surface area contributed by atoms with E-state index < -0.39 is 0 Å². The highest BCUT2D eigenvalue weighted by molar-refractivity contribution is 5.02. The van der Waals surface area contributed by atoms with Crippen molar-refractivity contribution in [2.24, 2.45) is 17.3 Å². The monoisotopic (exact) mass is 110 g/mol. The van der Waals surface area contributed by atoms with Gasteiger partial charge in [0.05, 0.1) is 0 Å².